The Hall–Kier alpha value is -3.39. The number of allylic oxidation sites excluding steroid dienone is 4. The Balaban J connectivity index is 2.08. The summed E-state index contributed by atoms with van der Waals surface area (Å²) < 4.78 is 13.5. The predicted octanol–water partition coefficient (Wildman–Crippen LogP) is 7.67. The molecule has 0 radical (unpaired) electrons. The Bertz CT molecular complexity index is 981. The molecule has 3 aromatic carbocycles. The summed E-state index contributed by atoms with van der Waals surface area (Å²) in [5.74, 6) is -0.250. The summed E-state index contributed by atoms with van der Waals surface area (Å²) in [5.41, 5.74) is 6.12. The molecule has 1 nitrogen and oxygen atoms in total. The van der Waals surface area contributed by atoms with Crippen LogP contribution in [0.15, 0.2) is 115 Å². The summed E-state index contributed by atoms with van der Waals surface area (Å²) >= 11 is 0. The standard InChI is InChI=1S/C26H24FN/c1-4-8-26(19-20(2)3)28(25-17-13-23(27)14-18-25)24-15-11-22(12-16-24)21-9-6-5-7-10-21/h4-19H,2H2,1,3H3/b8-4?,26-19+. The van der Waals surface area contributed by atoms with Gasteiger partial charge in [0.15, 0.2) is 0 Å². The van der Waals surface area contributed by atoms with E-state index in [9.17, 15) is 4.39 Å². The lowest BCUT2D eigenvalue weighted by molar-refractivity contribution is 0.628. The Morgan fingerprint density at radius 2 is 1.36 bits per heavy atom. The van der Waals surface area contributed by atoms with Gasteiger partial charge in [-0.25, -0.2) is 4.39 Å². The molecule has 0 saturated carbocycles. The minimum absolute atomic E-state index is 0.250. The first-order chi connectivity index (χ1) is 13.6. The zero-order chi connectivity index (χ0) is 19.9. The van der Waals surface area contributed by atoms with E-state index in [-0.39, 0.29) is 5.82 Å². The van der Waals surface area contributed by atoms with Crippen LogP contribution in [0, 0.1) is 5.82 Å². The topological polar surface area (TPSA) is 3.24 Å². The van der Waals surface area contributed by atoms with Crippen LogP contribution in [0.5, 0.6) is 0 Å². The van der Waals surface area contributed by atoms with Crippen LogP contribution in [0.25, 0.3) is 11.1 Å². The van der Waals surface area contributed by atoms with Crippen molar-refractivity contribution in [1.82, 2.24) is 0 Å². The minimum Gasteiger partial charge on any atom is -0.311 e. The normalized spacial score (nSPS) is 11.6. The number of anilines is 2. The van der Waals surface area contributed by atoms with Crippen LogP contribution in [-0.4, -0.2) is 0 Å². The highest BCUT2D eigenvalue weighted by Crippen LogP contribution is 2.33. The van der Waals surface area contributed by atoms with Crippen LogP contribution in [0.3, 0.4) is 0 Å². The molecule has 0 heterocycles. The van der Waals surface area contributed by atoms with E-state index in [1.165, 1.54) is 17.7 Å². The van der Waals surface area contributed by atoms with Crippen molar-refractivity contribution in [2.45, 2.75) is 13.8 Å². The highest BCUT2D eigenvalue weighted by atomic mass is 19.1. The molecule has 0 saturated heterocycles. The van der Waals surface area contributed by atoms with E-state index in [2.05, 4.69) is 47.9 Å². The third-order valence-electron chi connectivity index (χ3n) is 4.31. The maximum atomic E-state index is 13.5. The molecule has 0 bridgehead atoms. The van der Waals surface area contributed by atoms with Crippen LogP contribution < -0.4 is 4.90 Å². The number of hydrogen-bond acceptors (Lipinski definition) is 1. The fraction of sp³-hybridized carbons (Fsp3) is 0.0769. The highest BCUT2D eigenvalue weighted by molar-refractivity contribution is 5.73. The summed E-state index contributed by atoms with van der Waals surface area (Å²) in [5, 5.41) is 0. The van der Waals surface area contributed by atoms with Crippen LogP contribution in [0.4, 0.5) is 15.8 Å². The number of hydrogen-bond donors (Lipinski definition) is 0. The van der Waals surface area contributed by atoms with E-state index < -0.39 is 0 Å². The Kier molecular flexibility index (Phi) is 6.23. The third kappa shape index (κ3) is 4.66. The first-order valence-corrected chi connectivity index (χ1v) is 9.29. The molecule has 0 aliphatic heterocycles. The zero-order valence-electron chi connectivity index (χ0n) is 16.3. The van der Waals surface area contributed by atoms with Crippen molar-refractivity contribution in [1.29, 1.82) is 0 Å². The predicted molar refractivity (Wildman–Crippen MR) is 118 cm³/mol. The molecule has 3 aromatic rings. The van der Waals surface area contributed by atoms with E-state index in [4.69, 9.17) is 0 Å². The van der Waals surface area contributed by atoms with Gasteiger partial charge < -0.3 is 4.90 Å². The van der Waals surface area contributed by atoms with Gasteiger partial charge in [-0.1, -0.05) is 60.7 Å². The highest BCUT2D eigenvalue weighted by Gasteiger charge is 2.13. The lowest BCUT2D eigenvalue weighted by Crippen LogP contribution is -2.15. The molecule has 28 heavy (non-hydrogen) atoms. The molecule has 0 fully saturated rings. The Morgan fingerprint density at radius 1 is 0.821 bits per heavy atom. The maximum absolute atomic E-state index is 13.5. The average molecular weight is 369 g/mol. The Labute approximate surface area is 166 Å². The van der Waals surface area contributed by atoms with E-state index in [1.807, 2.05) is 50.3 Å². The molecule has 0 amide bonds. The lowest BCUT2D eigenvalue weighted by Gasteiger charge is -2.27. The van der Waals surface area contributed by atoms with E-state index in [0.717, 1.165) is 28.2 Å². The number of nitrogens with zero attached hydrogens (tertiary/aromatic N) is 1. The number of halogens is 1. The van der Waals surface area contributed by atoms with Gasteiger partial charge in [-0.15, -0.1) is 0 Å². The van der Waals surface area contributed by atoms with Crippen molar-refractivity contribution >= 4 is 11.4 Å². The van der Waals surface area contributed by atoms with E-state index in [0.29, 0.717) is 0 Å². The second-order valence-electron chi connectivity index (χ2n) is 6.64. The quantitative estimate of drug-likeness (QED) is 0.403. The summed E-state index contributed by atoms with van der Waals surface area (Å²) in [6.45, 7) is 7.96. The van der Waals surface area contributed by atoms with Crippen molar-refractivity contribution < 1.29 is 4.39 Å². The fourth-order valence-electron chi connectivity index (χ4n) is 3.08. The van der Waals surface area contributed by atoms with Gasteiger partial charge >= 0.3 is 0 Å². The Morgan fingerprint density at radius 3 is 1.89 bits per heavy atom. The molecular weight excluding hydrogens is 345 g/mol. The van der Waals surface area contributed by atoms with Crippen LogP contribution in [-0.2, 0) is 0 Å². The average Bonchev–Trinajstić information content (AvgIpc) is 2.70. The van der Waals surface area contributed by atoms with E-state index in [1.54, 1.807) is 12.1 Å². The summed E-state index contributed by atoms with van der Waals surface area (Å²) in [4.78, 5) is 2.10. The van der Waals surface area contributed by atoms with Crippen molar-refractivity contribution in [3.63, 3.8) is 0 Å². The maximum Gasteiger partial charge on any atom is 0.123 e. The van der Waals surface area contributed by atoms with E-state index >= 15 is 0 Å². The molecule has 0 aromatic heterocycles. The molecule has 0 aliphatic carbocycles. The van der Waals surface area contributed by atoms with Crippen molar-refractivity contribution in [2.24, 2.45) is 0 Å². The minimum atomic E-state index is -0.250. The van der Waals surface area contributed by atoms with Gasteiger partial charge in [0, 0.05) is 17.1 Å². The van der Waals surface area contributed by atoms with Crippen LogP contribution >= 0.6 is 0 Å². The van der Waals surface area contributed by atoms with Gasteiger partial charge in [0.05, 0.1) is 0 Å². The summed E-state index contributed by atoms with van der Waals surface area (Å²) in [6, 6.07) is 25.2. The number of benzene rings is 3. The van der Waals surface area contributed by atoms with Gasteiger partial charge in [-0.05, 0) is 73.5 Å². The molecular formula is C26H24FN. The van der Waals surface area contributed by atoms with Crippen LogP contribution in [0.1, 0.15) is 13.8 Å². The summed E-state index contributed by atoms with van der Waals surface area (Å²) in [6.07, 6.45) is 6.04. The third-order valence-corrected chi connectivity index (χ3v) is 4.31. The van der Waals surface area contributed by atoms with Crippen LogP contribution in [0.2, 0.25) is 0 Å². The largest absolute Gasteiger partial charge is 0.311 e. The first-order valence-electron chi connectivity index (χ1n) is 9.29. The second kappa shape index (κ2) is 9.01. The zero-order valence-corrected chi connectivity index (χ0v) is 16.3. The van der Waals surface area contributed by atoms with Crippen molar-refractivity contribution in [3.8, 4) is 11.1 Å². The second-order valence-corrected chi connectivity index (χ2v) is 6.64. The molecule has 0 aliphatic rings. The molecule has 0 N–H and O–H groups in total. The molecule has 0 unspecified atom stereocenters. The van der Waals surface area contributed by atoms with Gasteiger partial charge in [0.1, 0.15) is 5.82 Å². The fourth-order valence-corrected chi connectivity index (χ4v) is 3.08. The number of rotatable bonds is 6. The molecule has 0 spiro atoms. The van der Waals surface area contributed by atoms with Gasteiger partial charge in [-0.2, -0.15) is 0 Å². The van der Waals surface area contributed by atoms with Crippen molar-refractivity contribution in [2.75, 3.05) is 4.90 Å². The molecule has 3 rings (SSSR count). The smallest absolute Gasteiger partial charge is 0.123 e. The molecule has 2 heteroatoms. The monoisotopic (exact) mass is 369 g/mol. The molecule has 140 valence electrons. The van der Waals surface area contributed by atoms with Crippen molar-refractivity contribution in [3.05, 3.63) is 121 Å². The van der Waals surface area contributed by atoms with Gasteiger partial charge in [-0.3, -0.25) is 0 Å². The SMILES string of the molecule is C=C(C)/C=C(\C=CC)N(c1ccc(F)cc1)c1ccc(-c2ccccc2)cc1. The van der Waals surface area contributed by atoms with Gasteiger partial charge in [0.2, 0.25) is 0 Å². The first kappa shape index (κ1) is 19.4. The molecule has 0 atom stereocenters. The lowest BCUT2D eigenvalue weighted by atomic mass is 10.0. The van der Waals surface area contributed by atoms with Gasteiger partial charge in [0.25, 0.3) is 0 Å². The summed E-state index contributed by atoms with van der Waals surface area (Å²) in [7, 11) is 0.